The lowest BCUT2D eigenvalue weighted by Crippen LogP contribution is -2.51. The van der Waals surface area contributed by atoms with Gasteiger partial charge in [0, 0.05) is 0 Å². The lowest BCUT2D eigenvalue weighted by atomic mass is 10.2. The van der Waals surface area contributed by atoms with Crippen LogP contribution in [0.15, 0.2) is 0 Å². The second-order valence-electron chi connectivity index (χ2n) is 7.41. The van der Waals surface area contributed by atoms with Gasteiger partial charge in [-0.3, -0.25) is 0 Å². The Morgan fingerprint density at radius 3 is 1.65 bits per heavy atom. The molecule has 0 unspecified atom stereocenters. The van der Waals surface area contributed by atoms with Crippen LogP contribution in [0.3, 0.4) is 0 Å². The van der Waals surface area contributed by atoms with Crippen molar-refractivity contribution in [3.63, 3.8) is 0 Å². The van der Waals surface area contributed by atoms with Gasteiger partial charge < -0.3 is 8.23 Å². The Labute approximate surface area is 112 Å². The highest BCUT2D eigenvalue weighted by Crippen LogP contribution is 2.24. The summed E-state index contributed by atoms with van der Waals surface area (Å²) in [6.45, 7) is 20.4. The average molecular weight is 293 g/mol. The predicted octanol–water partition coefficient (Wildman–Crippen LogP) is 4.81. The molecule has 17 heavy (non-hydrogen) atoms. The highest BCUT2D eigenvalue weighted by atomic mass is 28.5. The largest absolute Gasteiger partial charge is 0.437 e. The molecular weight excluding hydrogens is 260 g/mol. The van der Waals surface area contributed by atoms with Crippen LogP contribution in [0.4, 0.5) is 0 Å². The van der Waals surface area contributed by atoms with Gasteiger partial charge in [0.2, 0.25) is 0 Å². The third-order valence-electron chi connectivity index (χ3n) is 2.40. The van der Waals surface area contributed by atoms with E-state index in [1.54, 1.807) is 0 Å². The fourth-order valence-corrected chi connectivity index (χ4v) is 15.6. The number of rotatable bonds is 7. The first-order valence-corrected chi connectivity index (χ1v) is 16.1. The van der Waals surface area contributed by atoms with E-state index in [4.69, 9.17) is 8.23 Å². The summed E-state index contributed by atoms with van der Waals surface area (Å²) in [6.07, 6.45) is 1.27. The van der Waals surface area contributed by atoms with Gasteiger partial charge >= 0.3 is 8.56 Å². The monoisotopic (exact) mass is 292 g/mol. The Morgan fingerprint density at radius 2 is 1.29 bits per heavy atom. The molecule has 0 spiro atoms. The minimum Gasteiger partial charge on any atom is -0.437 e. The van der Waals surface area contributed by atoms with Crippen LogP contribution >= 0.6 is 0 Å². The van der Waals surface area contributed by atoms with Gasteiger partial charge in [-0.15, -0.1) is 0 Å². The molecule has 0 heterocycles. The Hall–Kier alpha value is 0.571. The normalized spacial score (nSPS) is 14.5. The zero-order valence-electron chi connectivity index (χ0n) is 13.3. The van der Waals surface area contributed by atoms with E-state index in [0.717, 1.165) is 5.92 Å². The molecule has 0 aromatic carbocycles. The van der Waals surface area contributed by atoms with Crippen LogP contribution in [0.2, 0.25) is 51.9 Å². The summed E-state index contributed by atoms with van der Waals surface area (Å²) in [5.41, 5.74) is 0. The van der Waals surface area contributed by atoms with Crippen molar-refractivity contribution in [2.45, 2.75) is 72.1 Å². The third kappa shape index (κ3) is 10.2. The summed E-state index contributed by atoms with van der Waals surface area (Å²) >= 11 is 0. The van der Waals surface area contributed by atoms with Crippen LogP contribution in [0.1, 0.15) is 20.3 Å². The summed E-state index contributed by atoms with van der Waals surface area (Å²) in [6, 6.07) is 1.25. The molecule has 0 fully saturated rings. The SMILES string of the molecule is CC(C)CC[Si](C)(C)O[Si](C)(C)O[Si](C)(C)C. The molecule has 0 amide bonds. The van der Waals surface area contributed by atoms with Gasteiger partial charge in [0.25, 0.3) is 0 Å². The van der Waals surface area contributed by atoms with E-state index in [-0.39, 0.29) is 0 Å². The molecule has 0 rings (SSSR count). The van der Waals surface area contributed by atoms with E-state index < -0.39 is 25.2 Å². The van der Waals surface area contributed by atoms with Crippen LogP contribution in [0.5, 0.6) is 0 Å². The van der Waals surface area contributed by atoms with Gasteiger partial charge in [0.15, 0.2) is 16.6 Å². The van der Waals surface area contributed by atoms with Gasteiger partial charge in [0.05, 0.1) is 0 Å². The van der Waals surface area contributed by atoms with Crippen molar-refractivity contribution in [3.05, 3.63) is 0 Å². The molecule has 0 N–H and O–H groups in total. The van der Waals surface area contributed by atoms with Crippen molar-refractivity contribution < 1.29 is 8.23 Å². The third-order valence-corrected chi connectivity index (χ3v) is 12.5. The van der Waals surface area contributed by atoms with Crippen molar-refractivity contribution in [1.29, 1.82) is 0 Å². The Bertz CT molecular complexity index is 232. The zero-order chi connectivity index (χ0) is 13.9. The van der Waals surface area contributed by atoms with Gasteiger partial charge in [-0.2, -0.15) is 0 Å². The highest BCUT2D eigenvalue weighted by Gasteiger charge is 2.37. The predicted molar refractivity (Wildman–Crippen MR) is 84.7 cm³/mol. The molecule has 104 valence electrons. The van der Waals surface area contributed by atoms with Crippen LogP contribution in [0.25, 0.3) is 0 Å². The lowest BCUT2D eigenvalue weighted by molar-refractivity contribution is 0.389. The van der Waals surface area contributed by atoms with Gasteiger partial charge in [-0.05, 0) is 57.8 Å². The van der Waals surface area contributed by atoms with E-state index >= 15 is 0 Å². The molecule has 0 aliphatic rings. The Kier molecular flexibility index (Phi) is 6.35. The van der Waals surface area contributed by atoms with E-state index in [0.29, 0.717) is 0 Å². The Balaban J connectivity index is 4.37. The van der Waals surface area contributed by atoms with E-state index in [1.165, 1.54) is 12.5 Å². The number of hydrogen-bond donors (Lipinski definition) is 0. The number of hydrogen-bond acceptors (Lipinski definition) is 2. The molecule has 0 saturated carbocycles. The van der Waals surface area contributed by atoms with Crippen molar-refractivity contribution in [3.8, 4) is 0 Å². The quantitative estimate of drug-likeness (QED) is 0.627. The molecule has 0 aromatic rings. The molecule has 0 aromatic heterocycles. The minimum atomic E-state index is -1.92. The van der Waals surface area contributed by atoms with Crippen LogP contribution in [-0.2, 0) is 8.23 Å². The first kappa shape index (κ1) is 17.6. The summed E-state index contributed by atoms with van der Waals surface area (Å²) in [4.78, 5) is 0. The maximum absolute atomic E-state index is 6.44. The Morgan fingerprint density at radius 1 is 0.824 bits per heavy atom. The molecule has 0 radical (unpaired) electrons. The maximum atomic E-state index is 6.44. The van der Waals surface area contributed by atoms with Crippen molar-refractivity contribution >= 4 is 25.2 Å². The molecule has 2 nitrogen and oxygen atoms in total. The second kappa shape index (κ2) is 6.14. The molecule has 5 heteroatoms. The summed E-state index contributed by atoms with van der Waals surface area (Å²) in [5, 5.41) is 0. The second-order valence-corrected chi connectivity index (χ2v) is 20.1. The van der Waals surface area contributed by atoms with Gasteiger partial charge in [0.1, 0.15) is 0 Å². The van der Waals surface area contributed by atoms with E-state index in [1.807, 2.05) is 0 Å². The summed E-state index contributed by atoms with van der Waals surface area (Å²) < 4.78 is 12.7. The van der Waals surface area contributed by atoms with Crippen molar-refractivity contribution in [1.82, 2.24) is 0 Å². The van der Waals surface area contributed by atoms with Gasteiger partial charge in [-0.1, -0.05) is 20.3 Å². The van der Waals surface area contributed by atoms with E-state index in [2.05, 4.69) is 59.7 Å². The smallest absolute Gasteiger partial charge is 0.311 e. The standard InChI is InChI=1S/C12H32O2Si3/c1-12(2)10-11-16(6,7)14-17(8,9)13-15(3,4)5/h12H,10-11H2,1-9H3. The summed E-state index contributed by atoms with van der Waals surface area (Å²) in [5.74, 6) is 0.771. The zero-order valence-corrected chi connectivity index (χ0v) is 16.3. The average Bonchev–Trinajstić information content (AvgIpc) is 1.93. The van der Waals surface area contributed by atoms with Crippen LogP contribution < -0.4 is 0 Å². The fraction of sp³-hybridized carbons (Fsp3) is 1.00. The molecular formula is C12H32O2Si3. The maximum Gasteiger partial charge on any atom is 0.311 e. The molecule has 0 bridgehead atoms. The minimum absolute atomic E-state index is 0.771. The fourth-order valence-electron chi connectivity index (χ4n) is 2.11. The molecule has 0 aliphatic carbocycles. The molecule has 0 saturated heterocycles. The lowest BCUT2D eigenvalue weighted by Gasteiger charge is -2.37. The van der Waals surface area contributed by atoms with E-state index in [9.17, 15) is 0 Å². The highest BCUT2D eigenvalue weighted by molar-refractivity contribution is 6.87. The van der Waals surface area contributed by atoms with Gasteiger partial charge in [-0.25, -0.2) is 0 Å². The van der Waals surface area contributed by atoms with Crippen LogP contribution in [-0.4, -0.2) is 25.2 Å². The topological polar surface area (TPSA) is 18.5 Å². The van der Waals surface area contributed by atoms with Crippen molar-refractivity contribution in [2.75, 3.05) is 0 Å². The van der Waals surface area contributed by atoms with Crippen LogP contribution in [0, 0.1) is 5.92 Å². The first-order chi connectivity index (χ1) is 7.33. The molecule has 0 atom stereocenters. The van der Waals surface area contributed by atoms with Crippen molar-refractivity contribution in [2.24, 2.45) is 5.92 Å². The first-order valence-electron chi connectivity index (χ1n) is 6.73. The summed E-state index contributed by atoms with van der Waals surface area (Å²) in [7, 11) is -4.94. The molecule has 0 aliphatic heterocycles.